The summed E-state index contributed by atoms with van der Waals surface area (Å²) in [5, 5.41) is 17.1. The predicted molar refractivity (Wildman–Crippen MR) is 91.3 cm³/mol. The lowest BCUT2D eigenvalue weighted by atomic mass is 9.98. The maximum absolute atomic E-state index is 12.5. The zero-order chi connectivity index (χ0) is 18.6. The summed E-state index contributed by atoms with van der Waals surface area (Å²) in [6.45, 7) is 2.54. The number of benzene rings is 1. The number of urea groups is 1. The monoisotopic (exact) mass is 369 g/mol. The van der Waals surface area contributed by atoms with Crippen LogP contribution in [0.1, 0.15) is 37.8 Å². The van der Waals surface area contributed by atoms with Crippen LogP contribution in [0.5, 0.6) is 0 Å². The van der Waals surface area contributed by atoms with E-state index in [1.54, 1.807) is 12.1 Å². The first-order chi connectivity index (χ1) is 11.7. The zero-order valence-electron chi connectivity index (χ0n) is 14.0. The fourth-order valence-corrected chi connectivity index (χ4v) is 3.50. The summed E-state index contributed by atoms with van der Waals surface area (Å²) < 4.78 is 23.0. The van der Waals surface area contributed by atoms with Gasteiger partial charge in [-0.2, -0.15) is 0 Å². The maximum atomic E-state index is 12.5. The first kappa shape index (κ1) is 19.2. The van der Waals surface area contributed by atoms with Gasteiger partial charge in [0.05, 0.1) is 16.9 Å². The number of piperidine rings is 1. The third-order valence-electron chi connectivity index (χ3n) is 4.35. The lowest BCUT2D eigenvalue weighted by molar-refractivity contribution is -0.143. The molecule has 1 aromatic carbocycles. The summed E-state index contributed by atoms with van der Waals surface area (Å²) in [7, 11) is -3.82. The Morgan fingerprint density at radius 2 is 2.16 bits per heavy atom. The van der Waals surface area contributed by atoms with Gasteiger partial charge in [0.2, 0.25) is 10.0 Å². The minimum Gasteiger partial charge on any atom is -0.481 e. The summed E-state index contributed by atoms with van der Waals surface area (Å²) in [6, 6.07) is 5.40. The van der Waals surface area contributed by atoms with Gasteiger partial charge in [0.25, 0.3) is 0 Å². The number of rotatable bonds is 5. The van der Waals surface area contributed by atoms with Gasteiger partial charge in [-0.05, 0) is 37.0 Å². The van der Waals surface area contributed by atoms with Crippen LogP contribution >= 0.6 is 0 Å². The highest BCUT2D eigenvalue weighted by Crippen LogP contribution is 2.22. The molecule has 138 valence electrons. The van der Waals surface area contributed by atoms with Crippen molar-refractivity contribution in [3.8, 4) is 0 Å². The highest BCUT2D eigenvalue weighted by atomic mass is 32.2. The smallest absolute Gasteiger partial charge is 0.317 e. The molecule has 1 aliphatic rings. The SMILES string of the molecule is CCC(NC(=O)N1CCCC(C(=O)O)C1)c1cccc(S(N)(=O)=O)c1. The molecule has 0 aromatic heterocycles. The summed E-state index contributed by atoms with van der Waals surface area (Å²) in [5.74, 6) is -1.45. The van der Waals surface area contributed by atoms with E-state index in [0.29, 0.717) is 31.4 Å². The predicted octanol–water partition coefficient (Wildman–Crippen LogP) is 1.29. The third-order valence-corrected chi connectivity index (χ3v) is 5.26. The average molecular weight is 369 g/mol. The molecule has 1 aliphatic heterocycles. The Morgan fingerprint density at radius 3 is 2.76 bits per heavy atom. The van der Waals surface area contributed by atoms with Gasteiger partial charge in [-0.3, -0.25) is 4.79 Å². The van der Waals surface area contributed by atoms with E-state index in [1.807, 2.05) is 6.92 Å². The molecule has 0 bridgehead atoms. The first-order valence-electron chi connectivity index (χ1n) is 8.13. The number of carbonyl (C=O) groups excluding carboxylic acids is 1. The Balaban J connectivity index is 2.11. The molecule has 25 heavy (non-hydrogen) atoms. The number of primary sulfonamides is 1. The van der Waals surface area contributed by atoms with Crippen LogP contribution in [0, 0.1) is 5.92 Å². The molecule has 0 spiro atoms. The van der Waals surface area contributed by atoms with Gasteiger partial charge in [-0.1, -0.05) is 19.1 Å². The van der Waals surface area contributed by atoms with E-state index in [1.165, 1.54) is 17.0 Å². The van der Waals surface area contributed by atoms with Crippen molar-refractivity contribution >= 4 is 22.0 Å². The number of carboxylic acid groups (broad SMARTS) is 1. The molecule has 0 saturated carbocycles. The molecule has 0 radical (unpaired) electrons. The Kier molecular flexibility index (Phi) is 6.02. The Labute approximate surface area is 147 Å². The van der Waals surface area contributed by atoms with Gasteiger partial charge >= 0.3 is 12.0 Å². The van der Waals surface area contributed by atoms with E-state index in [4.69, 9.17) is 10.2 Å². The number of nitrogens with two attached hydrogens (primary N) is 1. The Bertz CT molecular complexity index is 750. The highest BCUT2D eigenvalue weighted by Gasteiger charge is 2.29. The van der Waals surface area contributed by atoms with Gasteiger partial charge in [-0.25, -0.2) is 18.4 Å². The molecular formula is C16H23N3O5S. The summed E-state index contributed by atoms with van der Waals surface area (Å²) >= 11 is 0. The summed E-state index contributed by atoms with van der Waals surface area (Å²) in [6.07, 6.45) is 1.75. The number of likely N-dealkylation sites (tertiary alicyclic amines) is 1. The minimum absolute atomic E-state index is 0.0124. The number of amides is 2. The van der Waals surface area contributed by atoms with Crippen LogP contribution in [0.2, 0.25) is 0 Å². The van der Waals surface area contributed by atoms with E-state index < -0.39 is 21.9 Å². The van der Waals surface area contributed by atoms with Gasteiger partial charge in [0.15, 0.2) is 0 Å². The van der Waals surface area contributed by atoms with Crippen molar-refractivity contribution in [3.63, 3.8) is 0 Å². The van der Waals surface area contributed by atoms with Crippen LogP contribution in [0.3, 0.4) is 0 Å². The first-order valence-corrected chi connectivity index (χ1v) is 9.68. The number of carbonyl (C=O) groups is 2. The van der Waals surface area contributed by atoms with Crippen LogP contribution in [-0.2, 0) is 14.8 Å². The zero-order valence-corrected chi connectivity index (χ0v) is 14.8. The van der Waals surface area contributed by atoms with Crippen LogP contribution in [0.4, 0.5) is 4.79 Å². The normalized spacial score (nSPS) is 19.3. The number of hydrogen-bond donors (Lipinski definition) is 3. The second kappa shape index (κ2) is 7.83. The number of aliphatic carboxylic acids is 1. The largest absolute Gasteiger partial charge is 0.481 e. The van der Waals surface area contributed by atoms with Crippen molar-refractivity contribution in [1.29, 1.82) is 0 Å². The van der Waals surface area contributed by atoms with Crippen molar-refractivity contribution in [2.75, 3.05) is 13.1 Å². The molecule has 2 atom stereocenters. The third kappa shape index (κ3) is 4.93. The van der Waals surface area contributed by atoms with E-state index in [2.05, 4.69) is 5.32 Å². The number of sulfonamides is 1. The van der Waals surface area contributed by atoms with Crippen molar-refractivity contribution in [3.05, 3.63) is 29.8 Å². The lowest BCUT2D eigenvalue weighted by Crippen LogP contribution is -2.47. The van der Waals surface area contributed by atoms with Crippen molar-refractivity contribution in [1.82, 2.24) is 10.2 Å². The molecule has 1 fully saturated rings. The molecule has 2 amide bonds. The van der Waals surface area contributed by atoms with E-state index in [0.717, 1.165) is 0 Å². The van der Waals surface area contributed by atoms with Crippen molar-refractivity contribution in [2.24, 2.45) is 11.1 Å². The van der Waals surface area contributed by atoms with E-state index in [9.17, 15) is 18.0 Å². The van der Waals surface area contributed by atoms with Gasteiger partial charge in [-0.15, -0.1) is 0 Å². The van der Waals surface area contributed by atoms with Crippen LogP contribution in [0.15, 0.2) is 29.2 Å². The number of nitrogens with one attached hydrogen (secondary N) is 1. The average Bonchev–Trinajstić information content (AvgIpc) is 2.59. The molecule has 2 unspecified atom stereocenters. The summed E-state index contributed by atoms with van der Waals surface area (Å²) in [5.41, 5.74) is 0.633. The standard InChI is InChI=1S/C16H23N3O5S/c1-2-14(11-5-3-7-13(9-11)25(17,23)24)18-16(22)19-8-4-6-12(10-19)15(20)21/h3,5,7,9,12,14H,2,4,6,8,10H2,1H3,(H,18,22)(H,20,21)(H2,17,23,24). The van der Waals surface area contributed by atoms with Crippen LogP contribution in [-0.4, -0.2) is 43.5 Å². The van der Waals surface area contributed by atoms with E-state index >= 15 is 0 Å². The van der Waals surface area contributed by atoms with Gasteiger partial charge in [0.1, 0.15) is 0 Å². The van der Waals surface area contributed by atoms with Crippen LogP contribution < -0.4 is 10.5 Å². The lowest BCUT2D eigenvalue weighted by Gasteiger charge is -2.32. The number of nitrogens with zero attached hydrogens (tertiary/aromatic N) is 1. The second-order valence-electron chi connectivity index (χ2n) is 6.15. The number of carboxylic acids is 1. The molecule has 1 aromatic rings. The van der Waals surface area contributed by atoms with Crippen molar-refractivity contribution in [2.45, 2.75) is 37.1 Å². The van der Waals surface area contributed by atoms with Crippen molar-refractivity contribution < 1.29 is 23.1 Å². The van der Waals surface area contributed by atoms with Gasteiger partial charge in [0, 0.05) is 13.1 Å². The molecule has 9 heteroatoms. The summed E-state index contributed by atoms with van der Waals surface area (Å²) in [4.78, 5) is 25.1. The molecular weight excluding hydrogens is 346 g/mol. The Morgan fingerprint density at radius 1 is 1.44 bits per heavy atom. The Hall–Kier alpha value is -2.13. The topological polar surface area (TPSA) is 130 Å². The second-order valence-corrected chi connectivity index (χ2v) is 7.71. The van der Waals surface area contributed by atoms with Gasteiger partial charge < -0.3 is 15.3 Å². The molecule has 4 N–H and O–H groups in total. The quantitative estimate of drug-likeness (QED) is 0.720. The molecule has 8 nitrogen and oxygen atoms in total. The molecule has 1 saturated heterocycles. The number of hydrogen-bond acceptors (Lipinski definition) is 4. The molecule has 1 heterocycles. The fraction of sp³-hybridized carbons (Fsp3) is 0.500. The van der Waals surface area contributed by atoms with E-state index in [-0.39, 0.29) is 23.5 Å². The van der Waals surface area contributed by atoms with Crippen LogP contribution in [0.25, 0.3) is 0 Å². The minimum atomic E-state index is -3.82. The molecule has 2 rings (SSSR count). The fourth-order valence-electron chi connectivity index (χ4n) is 2.93. The highest BCUT2D eigenvalue weighted by molar-refractivity contribution is 7.89. The maximum Gasteiger partial charge on any atom is 0.317 e. The molecule has 0 aliphatic carbocycles.